The second kappa shape index (κ2) is 5.47. The summed E-state index contributed by atoms with van der Waals surface area (Å²) in [6.45, 7) is 4.78. The van der Waals surface area contributed by atoms with Gasteiger partial charge in [-0.25, -0.2) is 0 Å². The first kappa shape index (κ1) is 12.3. The van der Waals surface area contributed by atoms with Gasteiger partial charge >= 0.3 is 105 Å². The van der Waals surface area contributed by atoms with E-state index in [0.29, 0.717) is 0 Å². The van der Waals surface area contributed by atoms with Crippen molar-refractivity contribution in [1.82, 2.24) is 0 Å². The standard InChI is InChI=1S/C16H21P/c1-3-14-17(2,15-10-6-4-7-11-15)16-12-8-5-9-13-16/h4-13,17H,3,14H2,1-2H3. The van der Waals surface area contributed by atoms with Crippen LogP contribution in [0.25, 0.3) is 0 Å². The SMILES string of the molecule is CCC[PH](C)(c1ccccc1)c1ccccc1. The van der Waals surface area contributed by atoms with Gasteiger partial charge in [0.1, 0.15) is 0 Å². The predicted octanol–water partition coefficient (Wildman–Crippen LogP) is 3.43. The minimum atomic E-state index is -1.50. The molecule has 0 saturated heterocycles. The fourth-order valence-corrected chi connectivity index (χ4v) is 6.33. The Morgan fingerprint density at radius 3 is 1.53 bits per heavy atom. The van der Waals surface area contributed by atoms with Gasteiger partial charge in [-0.2, -0.15) is 0 Å². The summed E-state index contributed by atoms with van der Waals surface area (Å²) in [5, 5.41) is 3.10. The molecule has 0 aliphatic heterocycles. The average Bonchev–Trinajstić information content (AvgIpc) is 2.41. The van der Waals surface area contributed by atoms with Crippen LogP contribution in [-0.4, -0.2) is 12.8 Å². The van der Waals surface area contributed by atoms with Gasteiger partial charge in [0.15, 0.2) is 0 Å². The number of hydrogen-bond donors (Lipinski definition) is 0. The Morgan fingerprint density at radius 2 is 1.18 bits per heavy atom. The Bertz CT molecular complexity index is 408. The number of rotatable bonds is 4. The van der Waals surface area contributed by atoms with Crippen LogP contribution >= 0.6 is 7.26 Å². The Morgan fingerprint density at radius 1 is 0.765 bits per heavy atom. The van der Waals surface area contributed by atoms with E-state index in [-0.39, 0.29) is 0 Å². The third-order valence-electron chi connectivity index (χ3n) is 3.57. The number of hydrogen-bond acceptors (Lipinski definition) is 0. The predicted molar refractivity (Wildman–Crippen MR) is 81.5 cm³/mol. The van der Waals surface area contributed by atoms with Crippen molar-refractivity contribution in [3.8, 4) is 0 Å². The van der Waals surface area contributed by atoms with Gasteiger partial charge in [0.2, 0.25) is 0 Å². The average molecular weight is 244 g/mol. The van der Waals surface area contributed by atoms with Crippen molar-refractivity contribution in [3.05, 3.63) is 60.7 Å². The Labute approximate surface area is 105 Å². The van der Waals surface area contributed by atoms with Crippen LogP contribution < -0.4 is 10.6 Å². The summed E-state index contributed by atoms with van der Waals surface area (Å²) in [5.41, 5.74) is 0. The molecule has 17 heavy (non-hydrogen) atoms. The van der Waals surface area contributed by atoms with Crippen molar-refractivity contribution in [2.24, 2.45) is 0 Å². The van der Waals surface area contributed by atoms with Crippen LogP contribution in [0.5, 0.6) is 0 Å². The van der Waals surface area contributed by atoms with E-state index in [1.54, 1.807) is 10.6 Å². The van der Waals surface area contributed by atoms with Gasteiger partial charge in [0.05, 0.1) is 0 Å². The van der Waals surface area contributed by atoms with Gasteiger partial charge in [-0.05, 0) is 0 Å². The van der Waals surface area contributed by atoms with Crippen molar-refractivity contribution < 1.29 is 0 Å². The summed E-state index contributed by atoms with van der Waals surface area (Å²) in [7, 11) is -1.50. The molecule has 90 valence electrons. The molecule has 0 atom stereocenters. The van der Waals surface area contributed by atoms with E-state index < -0.39 is 7.26 Å². The normalized spacial score (nSPS) is 12.4. The topological polar surface area (TPSA) is 0 Å². The molecule has 0 unspecified atom stereocenters. The van der Waals surface area contributed by atoms with Gasteiger partial charge in [-0.15, -0.1) is 0 Å². The van der Waals surface area contributed by atoms with Crippen LogP contribution in [-0.2, 0) is 0 Å². The summed E-state index contributed by atoms with van der Waals surface area (Å²) >= 11 is 0. The monoisotopic (exact) mass is 244 g/mol. The third kappa shape index (κ3) is 2.58. The van der Waals surface area contributed by atoms with E-state index in [4.69, 9.17) is 0 Å². The Kier molecular flexibility index (Phi) is 3.97. The van der Waals surface area contributed by atoms with E-state index >= 15 is 0 Å². The number of benzene rings is 2. The van der Waals surface area contributed by atoms with E-state index in [9.17, 15) is 0 Å². The molecule has 0 aromatic heterocycles. The Balaban J connectivity index is 2.47. The second-order valence-electron chi connectivity index (χ2n) is 4.81. The van der Waals surface area contributed by atoms with E-state index in [2.05, 4.69) is 74.3 Å². The van der Waals surface area contributed by atoms with Crippen LogP contribution in [0.3, 0.4) is 0 Å². The molecule has 1 heteroatoms. The maximum absolute atomic E-state index is 2.49. The second-order valence-corrected chi connectivity index (χ2v) is 9.13. The molecule has 0 radical (unpaired) electrons. The summed E-state index contributed by atoms with van der Waals surface area (Å²) in [5.74, 6) is 0. The van der Waals surface area contributed by atoms with Crippen LogP contribution in [0, 0.1) is 0 Å². The van der Waals surface area contributed by atoms with Gasteiger partial charge in [-0.1, -0.05) is 0 Å². The van der Waals surface area contributed by atoms with Crippen molar-refractivity contribution >= 4 is 17.9 Å². The molecular weight excluding hydrogens is 223 g/mol. The molecule has 0 fully saturated rings. The van der Waals surface area contributed by atoms with Crippen molar-refractivity contribution in [1.29, 1.82) is 0 Å². The van der Waals surface area contributed by atoms with Gasteiger partial charge < -0.3 is 0 Å². The van der Waals surface area contributed by atoms with Gasteiger partial charge in [-0.3, -0.25) is 0 Å². The molecule has 0 aliphatic carbocycles. The first-order chi connectivity index (χ1) is 8.27. The zero-order valence-corrected chi connectivity index (χ0v) is 11.7. The molecule has 0 heterocycles. The van der Waals surface area contributed by atoms with Gasteiger partial charge in [0.25, 0.3) is 0 Å². The molecule has 0 saturated carbocycles. The molecule has 0 bridgehead atoms. The van der Waals surface area contributed by atoms with Crippen molar-refractivity contribution in [2.75, 3.05) is 12.8 Å². The third-order valence-corrected chi connectivity index (χ3v) is 8.29. The zero-order chi connectivity index (χ0) is 12.1. The molecule has 2 aromatic rings. The minimum absolute atomic E-state index is 1.26. The molecule has 2 aromatic carbocycles. The Hall–Kier alpha value is -1.13. The van der Waals surface area contributed by atoms with Crippen molar-refractivity contribution in [3.63, 3.8) is 0 Å². The zero-order valence-electron chi connectivity index (χ0n) is 10.7. The van der Waals surface area contributed by atoms with Gasteiger partial charge in [0, 0.05) is 0 Å². The first-order valence-corrected chi connectivity index (χ1v) is 9.09. The van der Waals surface area contributed by atoms with E-state index in [1.807, 2.05) is 0 Å². The quantitative estimate of drug-likeness (QED) is 0.723. The molecule has 0 N–H and O–H groups in total. The van der Waals surface area contributed by atoms with E-state index in [0.717, 1.165) is 0 Å². The van der Waals surface area contributed by atoms with Crippen LogP contribution in [0.4, 0.5) is 0 Å². The van der Waals surface area contributed by atoms with Crippen LogP contribution in [0.15, 0.2) is 60.7 Å². The van der Waals surface area contributed by atoms with E-state index in [1.165, 1.54) is 12.6 Å². The molecular formula is C16H21P. The fourth-order valence-electron chi connectivity index (χ4n) is 2.57. The first-order valence-electron chi connectivity index (χ1n) is 6.38. The summed E-state index contributed by atoms with van der Waals surface area (Å²) in [6, 6.07) is 22.1. The maximum atomic E-state index is 2.49. The molecule has 0 aliphatic rings. The molecule has 0 spiro atoms. The molecule has 0 amide bonds. The fraction of sp³-hybridized carbons (Fsp3) is 0.250. The van der Waals surface area contributed by atoms with Crippen LogP contribution in [0.1, 0.15) is 13.3 Å². The van der Waals surface area contributed by atoms with Crippen LogP contribution in [0.2, 0.25) is 0 Å². The molecule has 0 nitrogen and oxygen atoms in total. The summed E-state index contributed by atoms with van der Waals surface area (Å²) < 4.78 is 0. The molecule has 2 rings (SSSR count). The summed E-state index contributed by atoms with van der Waals surface area (Å²) in [4.78, 5) is 0. The van der Waals surface area contributed by atoms with Crippen molar-refractivity contribution in [2.45, 2.75) is 13.3 Å². The summed E-state index contributed by atoms with van der Waals surface area (Å²) in [6.07, 6.45) is 2.58.